The summed E-state index contributed by atoms with van der Waals surface area (Å²) in [5.41, 5.74) is -4.18. The van der Waals surface area contributed by atoms with Crippen molar-refractivity contribution in [3.8, 4) is 0 Å². The second-order valence-corrected chi connectivity index (χ2v) is 30.3. The van der Waals surface area contributed by atoms with Gasteiger partial charge in [-0.15, -0.1) is 35.3 Å². The average Bonchev–Trinajstić information content (AvgIpc) is 0.815. The van der Waals surface area contributed by atoms with Gasteiger partial charge in [0.25, 0.3) is 0 Å². The van der Waals surface area contributed by atoms with Crippen molar-refractivity contribution in [3.63, 3.8) is 0 Å². The van der Waals surface area contributed by atoms with Crippen LogP contribution < -0.4 is 10.6 Å². The molecule has 0 aliphatic carbocycles. The minimum Gasteiger partial charge on any atom is -0.394 e. The fourth-order valence-electron chi connectivity index (χ4n) is 12.1. The van der Waals surface area contributed by atoms with Gasteiger partial charge in [-0.05, 0) is 61.6 Å². The molecule has 30 atom stereocenters. The molecule has 34 nitrogen and oxygen atoms in total. The van der Waals surface area contributed by atoms with Crippen LogP contribution in [-0.4, -0.2) is 404 Å². The number of aliphatic hydroxyl groups is 20. The van der Waals surface area contributed by atoms with Crippen LogP contribution in [0.4, 0.5) is 0 Å². The summed E-state index contributed by atoms with van der Waals surface area (Å²) < 4.78 is 70.8. The van der Waals surface area contributed by atoms with Crippen LogP contribution in [0, 0.1) is 11.3 Å². The molecule has 0 amide bonds. The van der Waals surface area contributed by atoms with E-state index in [9.17, 15) is 102 Å². The zero-order valence-electron chi connectivity index (χ0n) is 53.6. The van der Waals surface area contributed by atoms with Crippen LogP contribution in [-0.2, 0) is 56.8 Å². The molecule has 2 bridgehead atoms. The number of thioether (sulfide) groups is 4. The molecule has 8 saturated heterocycles. The number of rotatable bonds is 37. The molecule has 22 N–H and O–H groups in total. The summed E-state index contributed by atoms with van der Waals surface area (Å²) in [6.07, 6.45) is -33.4. The molecular formula is C58H104N2O32S5. The van der Waals surface area contributed by atoms with Crippen LogP contribution in [0.25, 0.3) is 0 Å². The maximum absolute atomic E-state index is 11.2. The van der Waals surface area contributed by atoms with Crippen molar-refractivity contribution in [2.24, 2.45) is 11.3 Å². The third-order valence-corrected chi connectivity index (χ3v) is 23.0. The molecule has 0 saturated carbocycles. The van der Waals surface area contributed by atoms with Gasteiger partial charge in [-0.25, -0.2) is 0 Å². The first-order valence-corrected chi connectivity index (χ1v) is 37.5. The molecule has 0 aromatic rings. The van der Waals surface area contributed by atoms with Crippen LogP contribution in [0.5, 0.6) is 0 Å². The Balaban J connectivity index is 0.974. The summed E-state index contributed by atoms with van der Waals surface area (Å²) in [7, 11) is 0. The Hall–Kier alpha value is -0.190. The minimum absolute atomic E-state index is 0.00426. The lowest BCUT2D eigenvalue weighted by molar-refractivity contribution is -0.338. The third kappa shape index (κ3) is 23.2. The SMILES string of the molecule is OCC1O[C@@H](SCCCOCC(CNC(=S)NCCSCC2O[C@@H]3OCCCCCC2[C@H](O)C3O)(COCCCS[C@@H]2OC(CO)[C@@H](O[C@@H]3OC(CO)[C@H](O)C(O)[C@@H]3O)C(O)[C@@H]2O)COCCCS[C@@H]2OC(CO)[C@@H](O[C@@H]3OC(CO)[C@H](O)C(O)[C@@H]3O)C(O)[C@@H]2O)[C@@H](O)C(O)[C@@H]1O. The first-order chi connectivity index (χ1) is 46.5. The number of hydrogen-bond donors (Lipinski definition) is 22. The highest BCUT2D eigenvalue weighted by molar-refractivity contribution is 8.00. The highest BCUT2D eigenvalue weighted by Gasteiger charge is 2.53. The van der Waals surface area contributed by atoms with Crippen LogP contribution in [0.3, 0.4) is 0 Å². The van der Waals surface area contributed by atoms with Crippen molar-refractivity contribution >= 4 is 64.4 Å². The standard InChI is InChI=1S/C58H104N2O32S5/c61-17-28-35(67)38(70)44(76)52(85-28)91-49-31(20-64)89-55(47(79)41(49)73)96-14-5-10-82-25-58(24-81-9-4-13-95-54-46(78)40(72)37(69)30(19-63)88-54,23-60-57(93)59-8-16-94-22-33-27-7-2-1-3-12-84-51(87-33)43(75)34(27)66)26-83-11-6-15-97-56-48(80)42(74)50(32(21-65)90-56)92-53-45(77)39(71)36(68)29(18-62)86-53/h27-56,61-80H,1-26H2,(H2,59,60,93)/t27?,28?,29?,30?,31?,32?,33?,34-,35-,36-,37+,38?,39?,40?,41?,42?,43?,44-,45-,46-,47-,48-,49+,50+,51-,52-,53-,54-,55-,56-,58?/m0/s1. The van der Waals surface area contributed by atoms with Gasteiger partial charge in [0.15, 0.2) is 24.0 Å². The largest absolute Gasteiger partial charge is 0.394 e. The maximum atomic E-state index is 11.2. The van der Waals surface area contributed by atoms with E-state index in [2.05, 4.69) is 10.6 Å². The Morgan fingerprint density at radius 2 is 0.845 bits per heavy atom. The smallest absolute Gasteiger partial charge is 0.187 e. The van der Waals surface area contributed by atoms with E-state index in [-0.39, 0.29) is 74.8 Å². The monoisotopic (exact) mass is 1500 g/mol. The van der Waals surface area contributed by atoms with Crippen molar-refractivity contribution in [1.29, 1.82) is 0 Å². The zero-order chi connectivity index (χ0) is 70.5. The van der Waals surface area contributed by atoms with Crippen molar-refractivity contribution in [2.75, 3.05) is 121 Å². The van der Waals surface area contributed by atoms with Crippen LogP contribution >= 0.6 is 59.3 Å². The molecule has 8 aliphatic rings. The van der Waals surface area contributed by atoms with Gasteiger partial charge in [-0.2, -0.15) is 11.8 Å². The molecular weight excluding hydrogens is 1400 g/mol. The number of ether oxygens (including phenoxy) is 12. The Bertz CT molecular complexity index is 2120. The molecule has 8 fully saturated rings. The van der Waals surface area contributed by atoms with Gasteiger partial charge in [0, 0.05) is 56.9 Å². The molecule has 39 heteroatoms. The highest BCUT2D eigenvalue weighted by Crippen LogP contribution is 2.38. The first-order valence-electron chi connectivity index (χ1n) is 32.8. The second-order valence-electron chi connectivity index (χ2n) is 25.1. The minimum atomic E-state index is -1.83. The van der Waals surface area contributed by atoms with E-state index in [4.69, 9.17) is 69.1 Å². The summed E-state index contributed by atoms with van der Waals surface area (Å²) in [4.78, 5) is 0. The number of thiocarbonyl (C=S) groups is 1. The van der Waals surface area contributed by atoms with E-state index >= 15 is 0 Å². The van der Waals surface area contributed by atoms with Crippen molar-refractivity contribution in [3.05, 3.63) is 0 Å². The predicted octanol–water partition coefficient (Wildman–Crippen LogP) is -8.71. The predicted molar refractivity (Wildman–Crippen MR) is 347 cm³/mol. The molecule has 8 heterocycles. The van der Waals surface area contributed by atoms with Gasteiger partial charge in [0.1, 0.15) is 144 Å². The van der Waals surface area contributed by atoms with Gasteiger partial charge in [0.05, 0.1) is 70.5 Å². The number of fused-ring (bicyclic) bond motifs is 7. The van der Waals surface area contributed by atoms with Gasteiger partial charge in [-0.1, -0.05) is 12.8 Å². The van der Waals surface area contributed by atoms with Gasteiger partial charge in [-0.3, -0.25) is 0 Å². The topological polar surface area (TPSA) is 539 Å². The molecule has 0 spiro atoms. The van der Waals surface area contributed by atoms with Crippen molar-refractivity contribution in [1.82, 2.24) is 10.6 Å². The number of aliphatic hydroxyl groups excluding tert-OH is 20. The number of hydrogen-bond acceptors (Lipinski definition) is 37. The summed E-state index contributed by atoms with van der Waals surface area (Å²) in [5, 5.41) is 216. The Labute approximate surface area is 584 Å². The lowest BCUT2D eigenvalue weighted by atomic mass is 9.85. The van der Waals surface area contributed by atoms with E-state index in [0.29, 0.717) is 56.1 Å². The van der Waals surface area contributed by atoms with Crippen LogP contribution in [0.2, 0.25) is 0 Å². The fraction of sp³-hybridized carbons (Fsp3) is 0.983. The molecule has 0 aromatic carbocycles. The summed E-state index contributed by atoms with van der Waals surface area (Å²) in [6, 6.07) is 0. The molecule has 8 rings (SSSR count). The molecule has 8 aliphatic heterocycles. The quantitative estimate of drug-likeness (QED) is 0.0203. The van der Waals surface area contributed by atoms with E-state index < -0.39 is 208 Å². The fourth-order valence-corrected chi connectivity index (χ4v) is 16.5. The number of nitrogens with one attached hydrogen (secondary N) is 2. The van der Waals surface area contributed by atoms with Gasteiger partial charge >= 0.3 is 0 Å². The van der Waals surface area contributed by atoms with E-state index in [1.165, 1.54) is 0 Å². The normalized spacial score (nSPS) is 42.1. The second kappa shape index (κ2) is 42.2. The van der Waals surface area contributed by atoms with E-state index in [1.54, 1.807) is 11.8 Å². The first kappa shape index (κ1) is 84.1. The summed E-state index contributed by atoms with van der Waals surface area (Å²) in [6.45, 7) is -2.19. The van der Waals surface area contributed by atoms with Crippen molar-refractivity contribution in [2.45, 2.75) is 221 Å². The summed E-state index contributed by atoms with van der Waals surface area (Å²) in [5.74, 6) is 1.75. The Morgan fingerprint density at radius 3 is 1.30 bits per heavy atom. The van der Waals surface area contributed by atoms with Crippen molar-refractivity contribution < 1.29 is 159 Å². The lowest BCUT2D eigenvalue weighted by Gasteiger charge is -2.46. The maximum Gasteiger partial charge on any atom is 0.187 e. The van der Waals surface area contributed by atoms with E-state index in [1.807, 2.05) is 0 Å². The third-order valence-electron chi connectivity index (χ3n) is 17.9. The van der Waals surface area contributed by atoms with Gasteiger partial charge in [0.2, 0.25) is 0 Å². The molecule has 13 unspecified atom stereocenters. The van der Waals surface area contributed by atoms with Crippen LogP contribution in [0.1, 0.15) is 44.9 Å². The molecule has 568 valence electrons. The summed E-state index contributed by atoms with van der Waals surface area (Å²) >= 11 is 10.7. The lowest BCUT2D eigenvalue weighted by Crippen LogP contribution is -2.64. The molecule has 97 heavy (non-hydrogen) atoms. The highest BCUT2D eigenvalue weighted by atomic mass is 32.2. The zero-order valence-corrected chi connectivity index (χ0v) is 57.7. The molecule has 0 aromatic heterocycles. The van der Waals surface area contributed by atoms with Crippen LogP contribution in [0.15, 0.2) is 0 Å². The average molecular weight is 1500 g/mol. The van der Waals surface area contributed by atoms with E-state index in [0.717, 1.165) is 54.5 Å². The van der Waals surface area contributed by atoms with Gasteiger partial charge < -0.3 is 170 Å². The molecule has 0 radical (unpaired) electrons. The Kier molecular flexibility index (Phi) is 36.6. The Morgan fingerprint density at radius 1 is 0.423 bits per heavy atom.